The van der Waals surface area contributed by atoms with Crippen LogP contribution in [-0.4, -0.2) is 0 Å². The maximum Gasteiger partial charge on any atom is 0.107 e. The van der Waals surface area contributed by atoms with E-state index in [-0.39, 0.29) is 5.16 Å². The molecule has 0 radical (unpaired) electrons. The van der Waals surface area contributed by atoms with Crippen molar-refractivity contribution in [2.75, 3.05) is 0 Å². The van der Waals surface area contributed by atoms with Crippen molar-refractivity contribution >= 4 is 23.0 Å². The molecule has 0 amide bonds. The molecule has 1 aromatic carbocycles. The zero-order chi connectivity index (χ0) is 9.14. The normalized spacial score (nSPS) is 14.7. The molecule has 0 aliphatic heterocycles. The smallest absolute Gasteiger partial charge is 0.107 e. The third-order valence-corrected chi connectivity index (χ3v) is 1.85. The highest BCUT2D eigenvalue weighted by molar-refractivity contribution is 6.44. The van der Waals surface area contributed by atoms with Crippen LogP contribution in [0.2, 0.25) is 0 Å². The highest BCUT2D eigenvalue weighted by Crippen LogP contribution is 1.89. The van der Waals surface area contributed by atoms with E-state index in [9.17, 15) is 0 Å². The molecule has 0 fully saturated rings. The predicted molar refractivity (Wildman–Crippen MR) is 52.5 cm³/mol. The summed E-state index contributed by atoms with van der Waals surface area (Å²) in [7, 11) is 0. The van der Waals surface area contributed by atoms with Crippen molar-refractivity contribution in [3.8, 4) is 0 Å². The van der Waals surface area contributed by atoms with Gasteiger partial charge < -0.3 is 11.5 Å². The molecule has 12 heavy (non-hydrogen) atoms. The van der Waals surface area contributed by atoms with Gasteiger partial charge in [0.2, 0.25) is 0 Å². The van der Waals surface area contributed by atoms with Crippen LogP contribution in [-0.2, 0) is 0 Å². The predicted octanol–water partition coefficient (Wildman–Crippen LogP) is -0.0451. The Morgan fingerprint density at radius 1 is 1.50 bits per heavy atom. The maximum atomic E-state index is 5.66. The van der Waals surface area contributed by atoms with Gasteiger partial charge in [-0.3, -0.25) is 0 Å². The lowest BCUT2D eigenvalue weighted by Gasteiger charge is -1.94. The molecular weight excluding hydrogens is 172 g/mol. The average Bonchev–Trinajstić information content (AvgIpc) is 2.03. The Hall–Kier alpha value is -1.15. The summed E-state index contributed by atoms with van der Waals surface area (Å²) in [5.74, 6) is 0. The van der Waals surface area contributed by atoms with Gasteiger partial charge in [-0.1, -0.05) is 29.3 Å². The van der Waals surface area contributed by atoms with Gasteiger partial charge in [-0.2, -0.15) is 0 Å². The first-order chi connectivity index (χ1) is 5.65. The maximum absolute atomic E-state index is 5.66. The lowest BCUT2D eigenvalue weighted by Crippen LogP contribution is -2.29. The van der Waals surface area contributed by atoms with Gasteiger partial charge in [0, 0.05) is 16.6 Å². The Balaban J connectivity index is 3.65. The minimum atomic E-state index is 0.270. The highest BCUT2D eigenvalue weighted by atomic mass is 35.5. The van der Waals surface area contributed by atoms with Gasteiger partial charge in [0.1, 0.15) is 5.16 Å². The van der Waals surface area contributed by atoms with E-state index in [1.54, 1.807) is 0 Å². The second-order valence-electron chi connectivity index (χ2n) is 2.61. The number of rotatable bonds is 0. The van der Waals surface area contributed by atoms with Crippen LogP contribution in [0, 0.1) is 6.92 Å². The topological polar surface area (TPSA) is 52.0 Å². The summed E-state index contributed by atoms with van der Waals surface area (Å²) < 4.78 is 0. The van der Waals surface area contributed by atoms with Gasteiger partial charge in [-0.15, -0.1) is 0 Å². The van der Waals surface area contributed by atoms with Crippen LogP contribution in [0.4, 0.5) is 0 Å². The molecule has 0 spiro atoms. The number of aryl methyl sites for hydroxylation is 1. The Morgan fingerprint density at radius 2 is 2.17 bits per heavy atom. The van der Waals surface area contributed by atoms with Crippen molar-refractivity contribution in [3.63, 3.8) is 0 Å². The minimum absolute atomic E-state index is 0.270. The van der Waals surface area contributed by atoms with Crippen LogP contribution in [0.1, 0.15) is 5.56 Å². The van der Waals surface area contributed by atoms with Crippen molar-refractivity contribution in [1.82, 2.24) is 0 Å². The molecule has 0 saturated carbocycles. The first-order valence-electron chi connectivity index (χ1n) is 3.59. The number of halogens is 1. The molecule has 4 N–H and O–H groups in total. The molecular formula is C9H11ClN2. The number of hydrogen-bond donors (Lipinski definition) is 2. The lowest BCUT2D eigenvalue weighted by molar-refractivity contribution is 1.38. The largest absolute Gasteiger partial charge is 0.404 e. The number of hydrogen-bond acceptors (Lipinski definition) is 2. The molecule has 0 heterocycles. The van der Waals surface area contributed by atoms with E-state index in [0.717, 1.165) is 16.0 Å². The van der Waals surface area contributed by atoms with Crippen molar-refractivity contribution in [1.29, 1.82) is 0 Å². The zero-order valence-corrected chi connectivity index (χ0v) is 7.60. The summed E-state index contributed by atoms with van der Waals surface area (Å²) in [6.07, 6.45) is 1.50. The van der Waals surface area contributed by atoms with Crippen LogP contribution in [0.3, 0.4) is 0 Å². The van der Waals surface area contributed by atoms with E-state index in [1.807, 2.05) is 25.1 Å². The first-order valence-corrected chi connectivity index (χ1v) is 3.97. The summed E-state index contributed by atoms with van der Waals surface area (Å²) >= 11 is 5.66. The summed E-state index contributed by atoms with van der Waals surface area (Å²) in [6.45, 7) is 1.99. The van der Waals surface area contributed by atoms with Crippen molar-refractivity contribution in [2.24, 2.45) is 11.5 Å². The highest BCUT2D eigenvalue weighted by Gasteiger charge is 1.90. The van der Waals surface area contributed by atoms with Crippen LogP contribution >= 0.6 is 11.6 Å². The van der Waals surface area contributed by atoms with E-state index in [1.165, 1.54) is 6.20 Å². The summed E-state index contributed by atoms with van der Waals surface area (Å²) in [5.41, 5.74) is 12.0. The Kier molecular flexibility index (Phi) is 2.61. The van der Waals surface area contributed by atoms with Crippen LogP contribution < -0.4 is 21.9 Å². The molecule has 1 rings (SSSR count). The number of benzene rings is 1. The second kappa shape index (κ2) is 3.50. The van der Waals surface area contributed by atoms with Crippen molar-refractivity contribution in [3.05, 3.63) is 34.2 Å². The van der Waals surface area contributed by atoms with E-state index in [4.69, 9.17) is 23.1 Å². The molecule has 0 saturated heterocycles. The Labute approximate surface area is 76.1 Å². The van der Waals surface area contributed by atoms with Gasteiger partial charge in [-0.05, 0) is 13.0 Å². The van der Waals surface area contributed by atoms with Gasteiger partial charge in [0.15, 0.2) is 0 Å². The fourth-order valence-corrected chi connectivity index (χ4v) is 1.21. The van der Waals surface area contributed by atoms with E-state index in [2.05, 4.69) is 0 Å². The van der Waals surface area contributed by atoms with Crippen LogP contribution in [0.15, 0.2) is 18.2 Å². The molecule has 0 aliphatic carbocycles. The van der Waals surface area contributed by atoms with Gasteiger partial charge in [-0.25, -0.2) is 0 Å². The lowest BCUT2D eigenvalue weighted by atomic mass is 10.2. The Bertz CT molecular complexity index is 391. The summed E-state index contributed by atoms with van der Waals surface area (Å²) in [4.78, 5) is 0. The van der Waals surface area contributed by atoms with Crippen LogP contribution in [0.25, 0.3) is 11.4 Å². The molecule has 0 aliphatic rings. The van der Waals surface area contributed by atoms with Gasteiger partial charge >= 0.3 is 0 Å². The summed E-state index contributed by atoms with van der Waals surface area (Å²) in [5, 5.41) is 1.92. The fraction of sp³-hybridized carbons (Fsp3) is 0.111. The zero-order valence-electron chi connectivity index (χ0n) is 6.84. The fourth-order valence-electron chi connectivity index (χ4n) is 1.04. The first kappa shape index (κ1) is 8.94. The molecule has 0 atom stereocenters. The molecule has 0 aromatic heterocycles. The molecule has 0 unspecified atom stereocenters. The third-order valence-electron chi connectivity index (χ3n) is 1.64. The monoisotopic (exact) mass is 182 g/mol. The molecule has 64 valence electrons. The van der Waals surface area contributed by atoms with E-state index >= 15 is 0 Å². The van der Waals surface area contributed by atoms with Crippen molar-refractivity contribution in [2.45, 2.75) is 6.92 Å². The number of nitrogens with two attached hydrogens (primary N) is 2. The van der Waals surface area contributed by atoms with E-state index in [0.29, 0.717) is 0 Å². The Morgan fingerprint density at radius 3 is 2.67 bits per heavy atom. The molecule has 0 bridgehead atoms. The van der Waals surface area contributed by atoms with Crippen molar-refractivity contribution < 1.29 is 0 Å². The third kappa shape index (κ3) is 1.71. The van der Waals surface area contributed by atoms with Gasteiger partial charge in [0.25, 0.3) is 0 Å². The SMILES string of the molecule is Cc1ccc(=C(/N)Cl)/c(=C\N)c1. The van der Waals surface area contributed by atoms with E-state index < -0.39 is 0 Å². The molecule has 2 nitrogen and oxygen atoms in total. The standard InChI is InChI=1S/C9H11ClN2/c1-6-2-3-8(9(10)12)7(4-6)5-11/h2-5H,11-12H2,1H3/b7-5-,9-8-. The minimum Gasteiger partial charge on any atom is -0.404 e. The van der Waals surface area contributed by atoms with Gasteiger partial charge in [0.05, 0.1) is 0 Å². The quantitative estimate of drug-likeness (QED) is 0.553. The van der Waals surface area contributed by atoms with Crippen LogP contribution in [0.5, 0.6) is 0 Å². The average molecular weight is 183 g/mol. The molecule has 3 heteroatoms. The summed E-state index contributed by atoms with van der Waals surface area (Å²) in [6, 6.07) is 5.73. The second-order valence-corrected chi connectivity index (χ2v) is 3.01. The molecule has 1 aromatic rings.